The van der Waals surface area contributed by atoms with E-state index in [2.05, 4.69) is 19.2 Å². The minimum Gasteiger partial charge on any atom is -0.304 e. The third kappa shape index (κ3) is 4.28. The third-order valence-electron chi connectivity index (χ3n) is 3.36. The summed E-state index contributed by atoms with van der Waals surface area (Å²) in [6.45, 7) is 4.10. The van der Waals surface area contributed by atoms with Crippen molar-refractivity contribution in [2.24, 2.45) is 0 Å². The molecule has 21 heavy (non-hydrogen) atoms. The first-order valence-electron chi connectivity index (χ1n) is 6.54. The zero-order valence-electron chi connectivity index (χ0n) is 11.6. The van der Waals surface area contributed by atoms with Gasteiger partial charge < -0.3 is 5.32 Å². The summed E-state index contributed by atoms with van der Waals surface area (Å²) in [6, 6.07) is 11.2. The van der Waals surface area contributed by atoms with Crippen LogP contribution in [-0.2, 0) is 0 Å². The highest BCUT2D eigenvalue weighted by molar-refractivity contribution is 6.35. The largest absolute Gasteiger partial charge is 0.304 e. The quantitative estimate of drug-likeness (QED) is 0.636. The number of halogens is 4. The van der Waals surface area contributed by atoms with Gasteiger partial charge in [0, 0.05) is 32.2 Å². The SMILES string of the molecule is CC(NC(C)c1ccc(Cl)cc1Cl)c1ccc(Cl)cc1Cl. The molecule has 0 saturated carbocycles. The number of benzene rings is 2. The van der Waals surface area contributed by atoms with Crippen LogP contribution in [0.1, 0.15) is 37.1 Å². The molecule has 0 aliphatic rings. The van der Waals surface area contributed by atoms with Crippen LogP contribution in [0.25, 0.3) is 0 Å². The van der Waals surface area contributed by atoms with Crippen molar-refractivity contribution in [3.05, 3.63) is 67.6 Å². The molecule has 0 saturated heterocycles. The lowest BCUT2D eigenvalue weighted by Gasteiger charge is -2.22. The predicted octanol–water partition coefficient (Wildman–Crippen LogP) is 6.71. The van der Waals surface area contributed by atoms with Gasteiger partial charge in [0.2, 0.25) is 0 Å². The Morgan fingerprint density at radius 1 is 0.714 bits per heavy atom. The fourth-order valence-corrected chi connectivity index (χ4v) is 3.40. The Hall–Kier alpha value is -0.440. The summed E-state index contributed by atoms with van der Waals surface area (Å²) in [5, 5.41) is 6.04. The summed E-state index contributed by atoms with van der Waals surface area (Å²) in [4.78, 5) is 0. The average Bonchev–Trinajstić information content (AvgIpc) is 2.37. The maximum atomic E-state index is 6.24. The molecule has 0 amide bonds. The normalized spacial score (nSPS) is 14.0. The van der Waals surface area contributed by atoms with Crippen LogP contribution in [0.2, 0.25) is 20.1 Å². The van der Waals surface area contributed by atoms with Crippen molar-refractivity contribution in [3.8, 4) is 0 Å². The van der Waals surface area contributed by atoms with E-state index in [4.69, 9.17) is 46.4 Å². The lowest BCUT2D eigenvalue weighted by atomic mass is 10.0. The van der Waals surface area contributed by atoms with E-state index in [-0.39, 0.29) is 12.1 Å². The van der Waals surface area contributed by atoms with Gasteiger partial charge in [0.1, 0.15) is 0 Å². The maximum absolute atomic E-state index is 6.24. The molecular formula is C16H15Cl4N. The Bertz CT molecular complexity index is 587. The standard InChI is InChI=1S/C16H15Cl4N/c1-9(13-5-3-11(17)7-15(13)19)21-10(2)14-6-4-12(18)8-16(14)20/h3-10,21H,1-2H3. The minimum absolute atomic E-state index is 0.0662. The van der Waals surface area contributed by atoms with Crippen molar-refractivity contribution in [2.45, 2.75) is 25.9 Å². The molecule has 0 aliphatic carbocycles. The molecule has 2 aromatic carbocycles. The van der Waals surface area contributed by atoms with E-state index < -0.39 is 0 Å². The van der Waals surface area contributed by atoms with Crippen LogP contribution in [0.4, 0.5) is 0 Å². The van der Waals surface area contributed by atoms with Crippen LogP contribution >= 0.6 is 46.4 Å². The molecule has 2 unspecified atom stereocenters. The van der Waals surface area contributed by atoms with E-state index in [0.717, 1.165) is 11.1 Å². The molecule has 0 aromatic heterocycles. The number of rotatable bonds is 4. The van der Waals surface area contributed by atoms with E-state index in [1.54, 1.807) is 12.1 Å². The lowest BCUT2D eigenvalue weighted by molar-refractivity contribution is 0.495. The van der Waals surface area contributed by atoms with Gasteiger partial charge in [0.15, 0.2) is 0 Å². The molecule has 0 spiro atoms. The van der Waals surface area contributed by atoms with Crippen molar-refractivity contribution in [3.63, 3.8) is 0 Å². The lowest BCUT2D eigenvalue weighted by Crippen LogP contribution is -2.23. The van der Waals surface area contributed by atoms with Crippen LogP contribution < -0.4 is 5.32 Å². The van der Waals surface area contributed by atoms with E-state index >= 15 is 0 Å². The summed E-state index contributed by atoms with van der Waals surface area (Å²) < 4.78 is 0. The Balaban J connectivity index is 2.16. The van der Waals surface area contributed by atoms with Crippen LogP contribution in [0.3, 0.4) is 0 Å². The summed E-state index contributed by atoms with van der Waals surface area (Å²) >= 11 is 24.3. The molecular weight excluding hydrogens is 348 g/mol. The zero-order valence-corrected chi connectivity index (χ0v) is 14.7. The van der Waals surface area contributed by atoms with Gasteiger partial charge in [-0.3, -0.25) is 0 Å². The van der Waals surface area contributed by atoms with Crippen molar-refractivity contribution in [1.82, 2.24) is 5.32 Å². The second-order valence-electron chi connectivity index (χ2n) is 4.94. The fraction of sp³-hybridized carbons (Fsp3) is 0.250. The van der Waals surface area contributed by atoms with Gasteiger partial charge >= 0.3 is 0 Å². The average molecular weight is 363 g/mol. The molecule has 2 rings (SSSR count). The summed E-state index contributed by atoms with van der Waals surface area (Å²) in [7, 11) is 0. The van der Waals surface area contributed by atoms with Crippen molar-refractivity contribution < 1.29 is 0 Å². The van der Waals surface area contributed by atoms with Crippen LogP contribution in [0.5, 0.6) is 0 Å². The zero-order chi connectivity index (χ0) is 15.6. The van der Waals surface area contributed by atoms with Crippen molar-refractivity contribution >= 4 is 46.4 Å². The molecule has 0 fully saturated rings. The van der Waals surface area contributed by atoms with Crippen LogP contribution in [0, 0.1) is 0 Å². The van der Waals surface area contributed by atoms with Gasteiger partial charge in [-0.2, -0.15) is 0 Å². The van der Waals surface area contributed by atoms with Gasteiger partial charge in [0.25, 0.3) is 0 Å². The summed E-state index contributed by atoms with van der Waals surface area (Å²) in [5.41, 5.74) is 2.00. The highest BCUT2D eigenvalue weighted by Crippen LogP contribution is 2.30. The van der Waals surface area contributed by atoms with E-state index in [1.807, 2.05) is 24.3 Å². The van der Waals surface area contributed by atoms with E-state index in [0.29, 0.717) is 20.1 Å². The van der Waals surface area contributed by atoms with Gasteiger partial charge in [0.05, 0.1) is 0 Å². The second kappa shape index (κ2) is 7.21. The topological polar surface area (TPSA) is 12.0 Å². The Labute approximate surface area is 145 Å². The molecule has 0 bridgehead atoms. The van der Waals surface area contributed by atoms with Crippen molar-refractivity contribution in [2.75, 3.05) is 0 Å². The highest BCUT2D eigenvalue weighted by atomic mass is 35.5. The second-order valence-corrected chi connectivity index (χ2v) is 6.63. The molecule has 2 atom stereocenters. The van der Waals surface area contributed by atoms with Gasteiger partial charge in [-0.1, -0.05) is 58.5 Å². The molecule has 0 radical (unpaired) electrons. The smallest absolute Gasteiger partial charge is 0.0468 e. The van der Waals surface area contributed by atoms with E-state index in [1.165, 1.54) is 0 Å². The Morgan fingerprint density at radius 2 is 1.10 bits per heavy atom. The first-order valence-corrected chi connectivity index (χ1v) is 8.05. The molecule has 1 N–H and O–H groups in total. The predicted molar refractivity (Wildman–Crippen MR) is 92.9 cm³/mol. The number of nitrogens with one attached hydrogen (secondary N) is 1. The number of hydrogen-bond donors (Lipinski definition) is 1. The minimum atomic E-state index is 0.0662. The van der Waals surface area contributed by atoms with Gasteiger partial charge in [-0.25, -0.2) is 0 Å². The monoisotopic (exact) mass is 361 g/mol. The van der Waals surface area contributed by atoms with E-state index in [9.17, 15) is 0 Å². The van der Waals surface area contributed by atoms with Crippen LogP contribution in [0.15, 0.2) is 36.4 Å². The molecule has 1 nitrogen and oxygen atoms in total. The third-order valence-corrected chi connectivity index (χ3v) is 4.48. The number of hydrogen-bond acceptors (Lipinski definition) is 1. The fourth-order valence-electron chi connectivity index (χ4n) is 2.26. The summed E-state index contributed by atoms with van der Waals surface area (Å²) in [6.07, 6.45) is 0. The Morgan fingerprint density at radius 3 is 1.43 bits per heavy atom. The molecule has 0 aliphatic heterocycles. The maximum Gasteiger partial charge on any atom is 0.0468 e. The molecule has 5 heteroatoms. The molecule has 0 heterocycles. The molecule has 2 aromatic rings. The first kappa shape index (κ1) is 16.9. The van der Waals surface area contributed by atoms with Crippen LogP contribution in [-0.4, -0.2) is 0 Å². The Kier molecular flexibility index (Phi) is 5.81. The van der Waals surface area contributed by atoms with Gasteiger partial charge in [-0.15, -0.1) is 0 Å². The van der Waals surface area contributed by atoms with Crippen molar-refractivity contribution in [1.29, 1.82) is 0 Å². The van der Waals surface area contributed by atoms with Gasteiger partial charge in [-0.05, 0) is 49.2 Å². The molecule has 112 valence electrons. The summed E-state index contributed by atoms with van der Waals surface area (Å²) in [5.74, 6) is 0. The highest BCUT2D eigenvalue weighted by Gasteiger charge is 2.16. The first-order chi connectivity index (χ1) is 9.88.